The van der Waals surface area contributed by atoms with Gasteiger partial charge in [-0.3, -0.25) is 0 Å². The molecule has 5 aromatic rings. The lowest BCUT2D eigenvalue weighted by molar-refractivity contribution is 0.577. The Balaban J connectivity index is 0.000000191. The molecule has 0 bridgehead atoms. The fraction of sp³-hybridized carbons (Fsp3) is 0.133. The minimum absolute atomic E-state index is 0.0260. The van der Waals surface area contributed by atoms with Crippen molar-refractivity contribution in [1.29, 1.82) is 5.41 Å². The van der Waals surface area contributed by atoms with Gasteiger partial charge in [0, 0.05) is 11.3 Å². The molecule has 3 nitrogen and oxygen atoms in total. The summed E-state index contributed by atoms with van der Waals surface area (Å²) in [6, 6.07) is 28.3. The molecular formula is C30H26F2N2O. The molecule has 0 aliphatic rings. The van der Waals surface area contributed by atoms with E-state index in [1.54, 1.807) is 0 Å². The Morgan fingerprint density at radius 1 is 0.800 bits per heavy atom. The molecule has 0 amide bonds. The predicted octanol–water partition coefficient (Wildman–Crippen LogP) is 8.60. The summed E-state index contributed by atoms with van der Waals surface area (Å²) in [6.07, 6.45) is 1.12. The number of rotatable bonds is 5. The molecule has 0 fully saturated rings. The van der Waals surface area contributed by atoms with Crippen molar-refractivity contribution in [2.45, 2.75) is 26.7 Å². The summed E-state index contributed by atoms with van der Waals surface area (Å²) in [7, 11) is 0. The summed E-state index contributed by atoms with van der Waals surface area (Å²) in [5.41, 5.74) is 6.10. The lowest BCUT2D eigenvalue weighted by Crippen LogP contribution is -2.05. The van der Waals surface area contributed by atoms with E-state index in [2.05, 4.69) is 48.3 Å². The van der Waals surface area contributed by atoms with Crippen LogP contribution in [0.15, 0.2) is 95.4 Å². The average molecular weight is 469 g/mol. The van der Waals surface area contributed by atoms with Crippen LogP contribution < -0.4 is 0 Å². The SMILES string of the molecule is CCCC(=N)c1c(F)cccc1F.Cc1ccc(-c2nc3cc(-c4ccccc4)ccc3o2)cc1. The average Bonchev–Trinajstić information content (AvgIpc) is 3.29. The van der Waals surface area contributed by atoms with Crippen LogP contribution in [0.4, 0.5) is 8.78 Å². The summed E-state index contributed by atoms with van der Waals surface area (Å²) < 4.78 is 32.0. The number of fused-ring (bicyclic) bond motifs is 1. The summed E-state index contributed by atoms with van der Waals surface area (Å²) in [4.78, 5) is 4.63. The molecule has 0 atom stereocenters. The molecular weight excluding hydrogens is 442 g/mol. The second-order valence-electron chi connectivity index (χ2n) is 8.26. The van der Waals surface area contributed by atoms with Gasteiger partial charge < -0.3 is 9.83 Å². The Hall–Kier alpha value is -4.12. The van der Waals surface area contributed by atoms with Crippen LogP contribution in [0.1, 0.15) is 30.9 Å². The Morgan fingerprint density at radius 3 is 2.11 bits per heavy atom. The van der Waals surface area contributed by atoms with Crippen molar-refractivity contribution in [2.75, 3.05) is 0 Å². The zero-order chi connectivity index (χ0) is 24.8. The van der Waals surface area contributed by atoms with Gasteiger partial charge in [0.25, 0.3) is 0 Å². The van der Waals surface area contributed by atoms with E-state index < -0.39 is 11.6 Å². The maximum atomic E-state index is 13.0. The lowest BCUT2D eigenvalue weighted by atomic mass is 10.1. The van der Waals surface area contributed by atoms with Crippen molar-refractivity contribution in [3.8, 4) is 22.6 Å². The zero-order valence-electron chi connectivity index (χ0n) is 19.7. The molecule has 5 heteroatoms. The fourth-order valence-corrected chi connectivity index (χ4v) is 3.72. The number of halogens is 2. The molecule has 0 radical (unpaired) electrons. The molecule has 0 spiro atoms. The van der Waals surface area contributed by atoms with E-state index in [0.29, 0.717) is 18.7 Å². The highest BCUT2D eigenvalue weighted by Crippen LogP contribution is 2.28. The third-order valence-corrected chi connectivity index (χ3v) is 5.56. The van der Waals surface area contributed by atoms with E-state index in [4.69, 9.17) is 9.83 Å². The van der Waals surface area contributed by atoms with Crippen molar-refractivity contribution < 1.29 is 13.2 Å². The number of aromatic nitrogens is 1. The largest absolute Gasteiger partial charge is 0.436 e. The summed E-state index contributed by atoms with van der Waals surface area (Å²) >= 11 is 0. The van der Waals surface area contributed by atoms with Crippen LogP contribution in [0.5, 0.6) is 0 Å². The quantitative estimate of drug-likeness (QED) is 0.263. The maximum Gasteiger partial charge on any atom is 0.227 e. The maximum absolute atomic E-state index is 13.0. The second kappa shape index (κ2) is 10.9. The van der Waals surface area contributed by atoms with Crippen LogP contribution in [0, 0.1) is 24.0 Å². The Labute approximate surface area is 203 Å². The van der Waals surface area contributed by atoms with Gasteiger partial charge in [-0.1, -0.05) is 73.5 Å². The highest BCUT2D eigenvalue weighted by molar-refractivity contribution is 5.98. The van der Waals surface area contributed by atoms with E-state index >= 15 is 0 Å². The van der Waals surface area contributed by atoms with Gasteiger partial charge in [-0.15, -0.1) is 0 Å². The van der Waals surface area contributed by atoms with Crippen molar-refractivity contribution in [3.05, 3.63) is 114 Å². The molecule has 35 heavy (non-hydrogen) atoms. The van der Waals surface area contributed by atoms with Gasteiger partial charge in [-0.25, -0.2) is 13.8 Å². The van der Waals surface area contributed by atoms with Crippen molar-refractivity contribution in [3.63, 3.8) is 0 Å². The first-order chi connectivity index (χ1) is 17.0. The van der Waals surface area contributed by atoms with Gasteiger partial charge in [0.15, 0.2) is 5.58 Å². The molecule has 1 heterocycles. The van der Waals surface area contributed by atoms with Gasteiger partial charge in [-0.2, -0.15) is 0 Å². The summed E-state index contributed by atoms with van der Waals surface area (Å²) in [5, 5.41) is 7.43. The molecule has 0 aliphatic carbocycles. The lowest BCUT2D eigenvalue weighted by Gasteiger charge is -2.04. The zero-order valence-corrected chi connectivity index (χ0v) is 19.7. The number of hydrogen-bond donors (Lipinski definition) is 1. The van der Waals surface area contributed by atoms with Crippen LogP contribution in [0.2, 0.25) is 0 Å². The van der Waals surface area contributed by atoms with Crippen molar-refractivity contribution in [1.82, 2.24) is 4.98 Å². The minimum Gasteiger partial charge on any atom is -0.436 e. The van der Waals surface area contributed by atoms with Crippen LogP contribution in [0.3, 0.4) is 0 Å². The first-order valence-corrected chi connectivity index (χ1v) is 11.5. The minimum atomic E-state index is -0.654. The summed E-state index contributed by atoms with van der Waals surface area (Å²) in [5.74, 6) is -0.642. The van der Waals surface area contributed by atoms with E-state index in [1.165, 1.54) is 29.3 Å². The number of nitrogens with one attached hydrogen (secondary N) is 1. The molecule has 1 N–H and O–H groups in total. The predicted molar refractivity (Wildman–Crippen MR) is 138 cm³/mol. The third kappa shape index (κ3) is 5.69. The van der Waals surface area contributed by atoms with E-state index in [1.807, 2.05) is 43.3 Å². The molecule has 0 saturated heterocycles. The smallest absolute Gasteiger partial charge is 0.227 e. The van der Waals surface area contributed by atoms with Crippen molar-refractivity contribution in [2.24, 2.45) is 0 Å². The topological polar surface area (TPSA) is 49.9 Å². The van der Waals surface area contributed by atoms with Gasteiger partial charge in [0.1, 0.15) is 17.2 Å². The second-order valence-corrected chi connectivity index (χ2v) is 8.26. The summed E-state index contributed by atoms with van der Waals surface area (Å²) in [6.45, 7) is 3.94. The molecule has 0 saturated carbocycles. The highest BCUT2D eigenvalue weighted by atomic mass is 19.1. The van der Waals surface area contributed by atoms with Crippen LogP contribution in [0.25, 0.3) is 33.7 Å². The molecule has 5 rings (SSSR count). The molecule has 176 valence electrons. The number of oxazole rings is 1. The number of nitrogens with zero attached hydrogens (tertiary/aromatic N) is 1. The van der Waals surface area contributed by atoms with Crippen LogP contribution in [-0.2, 0) is 0 Å². The normalized spacial score (nSPS) is 10.6. The van der Waals surface area contributed by atoms with Crippen LogP contribution in [-0.4, -0.2) is 10.7 Å². The Morgan fingerprint density at radius 2 is 1.46 bits per heavy atom. The van der Waals surface area contributed by atoms with E-state index in [0.717, 1.165) is 22.2 Å². The monoisotopic (exact) mass is 468 g/mol. The number of hydrogen-bond acceptors (Lipinski definition) is 3. The van der Waals surface area contributed by atoms with Gasteiger partial charge in [0.05, 0.1) is 5.56 Å². The third-order valence-electron chi connectivity index (χ3n) is 5.56. The number of aryl methyl sites for hydroxylation is 1. The first kappa shape index (κ1) is 24.0. The molecule has 0 unspecified atom stereocenters. The van der Waals surface area contributed by atoms with Crippen molar-refractivity contribution >= 4 is 16.8 Å². The molecule has 4 aromatic carbocycles. The Bertz CT molecular complexity index is 1420. The Kier molecular flexibility index (Phi) is 7.46. The standard InChI is InChI=1S/C20H15NO.C10H11F2N/c1-14-7-9-16(10-8-14)20-21-18-13-17(11-12-19(18)22-20)15-5-3-2-4-6-15;1-2-4-9(13)10-7(11)5-3-6-8(10)12/h2-13H,1H3;3,5-6,13H,2,4H2,1H3. The van der Waals surface area contributed by atoms with Gasteiger partial charge in [-0.05, 0) is 60.9 Å². The fourth-order valence-electron chi connectivity index (χ4n) is 3.72. The number of benzene rings is 4. The van der Waals surface area contributed by atoms with Crippen LogP contribution >= 0.6 is 0 Å². The highest BCUT2D eigenvalue weighted by Gasteiger charge is 2.12. The van der Waals surface area contributed by atoms with E-state index in [9.17, 15) is 8.78 Å². The molecule has 1 aromatic heterocycles. The van der Waals surface area contributed by atoms with Gasteiger partial charge >= 0.3 is 0 Å². The van der Waals surface area contributed by atoms with Gasteiger partial charge in [0.2, 0.25) is 5.89 Å². The molecule has 0 aliphatic heterocycles. The van der Waals surface area contributed by atoms with E-state index in [-0.39, 0.29) is 11.3 Å². The first-order valence-electron chi connectivity index (χ1n) is 11.5.